The molecule has 18 heavy (non-hydrogen) atoms. The summed E-state index contributed by atoms with van der Waals surface area (Å²) in [7, 11) is 0. The maximum Gasteiger partial charge on any atom is -0.0276 e. The first-order chi connectivity index (χ1) is 8.81. The minimum atomic E-state index is 0.922. The van der Waals surface area contributed by atoms with Gasteiger partial charge in [0.15, 0.2) is 0 Å². The van der Waals surface area contributed by atoms with E-state index >= 15 is 0 Å². The fourth-order valence-corrected chi connectivity index (χ4v) is 2.84. The second-order valence-corrected chi connectivity index (χ2v) is 5.57. The number of hydrogen-bond acceptors (Lipinski definition) is 0. The van der Waals surface area contributed by atoms with Crippen LogP contribution >= 0.6 is 0 Å². The first kappa shape index (κ1) is 13.4. The predicted molar refractivity (Wildman–Crippen MR) is 79.9 cm³/mol. The summed E-state index contributed by atoms with van der Waals surface area (Å²) in [5, 5.41) is 0. The lowest BCUT2D eigenvalue weighted by Crippen LogP contribution is -2.06. The van der Waals surface area contributed by atoms with Crippen molar-refractivity contribution in [3.63, 3.8) is 0 Å². The fourth-order valence-electron chi connectivity index (χ4n) is 2.84. The molecule has 0 saturated carbocycles. The lowest BCUT2D eigenvalue weighted by molar-refractivity contribution is 0.434. The van der Waals surface area contributed by atoms with E-state index in [0.717, 1.165) is 12.3 Å². The van der Waals surface area contributed by atoms with Crippen LogP contribution in [0.25, 0.3) is 0 Å². The Balaban J connectivity index is 1.79. The summed E-state index contributed by atoms with van der Waals surface area (Å²) in [6.07, 6.45) is 11.6. The van der Waals surface area contributed by atoms with Gasteiger partial charge in [-0.05, 0) is 62.0 Å². The lowest BCUT2D eigenvalue weighted by atomic mass is 9.85. The number of aryl methyl sites for hydroxylation is 2. The molecule has 0 radical (unpaired) electrons. The van der Waals surface area contributed by atoms with Crippen molar-refractivity contribution in [2.45, 2.75) is 58.8 Å². The molecule has 0 amide bonds. The molecule has 1 aliphatic carbocycles. The molecule has 1 aromatic carbocycles. The number of rotatable bonds is 5. The molecule has 1 aromatic rings. The summed E-state index contributed by atoms with van der Waals surface area (Å²) in [6.45, 7) is 4.50. The quantitative estimate of drug-likeness (QED) is 0.613. The lowest BCUT2D eigenvalue weighted by Gasteiger charge is -2.21. The van der Waals surface area contributed by atoms with Crippen LogP contribution in [0.4, 0.5) is 0 Å². The van der Waals surface area contributed by atoms with E-state index in [1.807, 2.05) is 0 Å². The summed E-state index contributed by atoms with van der Waals surface area (Å²) in [5.41, 5.74) is 4.64. The van der Waals surface area contributed by atoms with Gasteiger partial charge < -0.3 is 0 Å². The van der Waals surface area contributed by atoms with Gasteiger partial charge in [0.2, 0.25) is 0 Å². The number of allylic oxidation sites excluding steroid dienone is 2. The van der Waals surface area contributed by atoms with Gasteiger partial charge in [-0.3, -0.25) is 0 Å². The van der Waals surface area contributed by atoms with Gasteiger partial charge in [0.25, 0.3) is 0 Å². The molecule has 0 aliphatic heterocycles. The summed E-state index contributed by atoms with van der Waals surface area (Å²) in [4.78, 5) is 0. The van der Waals surface area contributed by atoms with Crippen LogP contribution in [0.3, 0.4) is 0 Å². The predicted octanol–water partition coefficient (Wildman–Crippen LogP) is 5.32. The molecule has 0 nitrogen and oxygen atoms in total. The van der Waals surface area contributed by atoms with E-state index < -0.39 is 0 Å². The molecule has 0 bridgehead atoms. The van der Waals surface area contributed by atoms with Crippen molar-refractivity contribution in [1.29, 1.82) is 0 Å². The normalized spacial score (nSPS) is 19.7. The topological polar surface area (TPSA) is 0 Å². The second-order valence-electron chi connectivity index (χ2n) is 5.57. The summed E-state index contributed by atoms with van der Waals surface area (Å²) in [6, 6.07) is 9.19. The minimum absolute atomic E-state index is 0.922. The Morgan fingerprint density at radius 2 is 1.72 bits per heavy atom. The molecule has 1 unspecified atom stereocenters. The molecule has 1 aliphatic rings. The molecule has 1 atom stereocenters. The Hall–Kier alpha value is -1.04. The first-order valence-electron chi connectivity index (χ1n) is 7.57. The van der Waals surface area contributed by atoms with Crippen LogP contribution in [-0.4, -0.2) is 0 Å². The Kier molecular flexibility index (Phi) is 5.04. The number of hydrogen-bond donors (Lipinski definition) is 0. The zero-order valence-corrected chi connectivity index (χ0v) is 11.9. The van der Waals surface area contributed by atoms with Crippen molar-refractivity contribution < 1.29 is 0 Å². The van der Waals surface area contributed by atoms with E-state index in [1.54, 1.807) is 5.57 Å². The van der Waals surface area contributed by atoms with Gasteiger partial charge in [0, 0.05) is 0 Å². The Morgan fingerprint density at radius 3 is 2.28 bits per heavy atom. The van der Waals surface area contributed by atoms with Crippen LogP contribution in [0.1, 0.15) is 57.1 Å². The molecule has 98 valence electrons. The third-order valence-electron chi connectivity index (χ3n) is 4.34. The monoisotopic (exact) mass is 242 g/mol. The highest BCUT2D eigenvalue weighted by Crippen LogP contribution is 2.28. The minimum Gasteiger partial charge on any atom is -0.0851 e. The maximum absolute atomic E-state index is 2.49. The van der Waals surface area contributed by atoms with Gasteiger partial charge >= 0.3 is 0 Å². The Bertz CT molecular complexity index is 383. The third kappa shape index (κ3) is 3.73. The van der Waals surface area contributed by atoms with Crippen molar-refractivity contribution in [3.8, 4) is 0 Å². The van der Waals surface area contributed by atoms with Gasteiger partial charge in [-0.1, -0.05) is 49.8 Å². The highest BCUT2D eigenvalue weighted by atomic mass is 14.2. The third-order valence-corrected chi connectivity index (χ3v) is 4.34. The van der Waals surface area contributed by atoms with E-state index in [-0.39, 0.29) is 0 Å². The van der Waals surface area contributed by atoms with Crippen LogP contribution in [0.2, 0.25) is 0 Å². The Labute approximate surface area is 112 Å². The molecular formula is C18H26. The fraction of sp³-hybridized carbons (Fsp3) is 0.556. The SMILES string of the molecule is CCC1=CCC(CCc2ccc(CC)cc2)CC1. The molecule has 2 rings (SSSR count). The molecule has 0 saturated heterocycles. The van der Waals surface area contributed by atoms with Crippen molar-refractivity contribution in [1.82, 2.24) is 0 Å². The zero-order valence-electron chi connectivity index (χ0n) is 11.9. The van der Waals surface area contributed by atoms with E-state index in [4.69, 9.17) is 0 Å². The molecule has 0 spiro atoms. The van der Waals surface area contributed by atoms with Crippen molar-refractivity contribution >= 4 is 0 Å². The largest absolute Gasteiger partial charge is 0.0851 e. The van der Waals surface area contributed by atoms with Crippen molar-refractivity contribution in [2.75, 3.05) is 0 Å². The average molecular weight is 242 g/mol. The van der Waals surface area contributed by atoms with Gasteiger partial charge in [0.05, 0.1) is 0 Å². The smallest absolute Gasteiger partial charge is 0.0276 e. The average Bonchev–Trinajstić information content (AvgIpc) is 2.46. The van der Waals surface area contributed by atoms with Crippen LogP contribution in [0, 0.1) is 5.92 Å². The van der Waals surface area contributed by atoms with E-state index in [0.29, 0.717) is 0 Å². The molecule has 0 heteroatoms. The highest BCUT2D eigenvalue weighted by molar-refractivity contribution is 5.22. The van der Waals surface area contributed by atoms with Gasteiger partial charge in [-0.25, -0.2) is 0 Å². The van der Waals surface area contributed by atoms with Crippen molar-refractivity contribution in [2.24, 2.45) is 5.92 Å². The highest BCUT2D eigenvalue weighted by Gasteiger charge is 2.13. The second kappa shape index (κ2) is 6.78. The van der Waals surface area contributed by atoms with Gasteiger partial charge in [0.1, 0.15) is 0 Å². The summed E-state index contributed by atoms with van der Waals surface area (Å²) < 4.78 is 0. The molecule has 0 aromatic heterocycles. The summed E-state index contributed by atoms with van der Waals surface area (Å²) in [5.74, 6) is 0.922. The summed E-state index contributed by atoms with van der Waals surface area (Å²) >= 11 is 0. The Morgan fingerprint density at radius 1 is 1.00 bits per heavy atom. The van der Waals surface area contributed by atoms with Crippen LogP contribution < -0.4 is 0 Å². The number of benzene rings is 1. The first-order valence-corrected chi connectivity index (χ1v) is 7.57. The van der Waals surface area contributed by atoms with Crippen LogP contribution in [0.5, 0.6) is 0 Å². The van der Waals surface area contributed by atoms with Gasteiger partial charge in [-0.15, -0.1) is 0 Å². The van der Waals surface area contributed by atoms with E-state index in [9.17, 15) is 0 Å². The molecule has 0 fully saturated rings. The van der Waals surface area contributed by atoms with Crippen LogP contribution in [-0.2, 0) is 12.8 Å². The maximum atomic E-state index is 2.49. The standard InChI is InChI=1S/C18H26/c1-3-15-5-9-17(10-6-15)13-14-18-11-7-16(4-2)8-12-18/h5-7,9-10,18H,3-4,8,11-14H2,1-2H3. The van der Waals surface area contributed by atoms with Gasteiger partial charge in [-0.2, -0.15) is 0 Å². The molecule has 0 heterocycles. The van der Waals surface area contributed by atoms with E-state index in [2.05, 4.69) is 44.2 Å². The molecule has 0 N–H and O–H groups in total. The zero-order chi connectivity index (χ0) is 12.8. The molecular weight excluding hydrogens is 216 g/mol. The van der Waals surface area contributed by atoms with E-state index in [1.165, 1.54) is 49.7 Å². The van der Waals surface area contributed by atoms with Crippen LogP contribution in [0.15, 0.2) is 35.9 Å². The van der Waals surface area contributed by atoms with Crippen molar-refractivity contribution in [3.05, 3.63) is 47.0 Å².